The van der Waals surface area contributed by atoms with Crippen molar-refractivity contribution >= 4 is 30.7 Å². The van der Waals surface area contributed by atoms with E-state index in [0.29, 0.717) is 0 Å². The number of hydrogen-bond donors (Lipinski definition) is 1. The molecule has 2 aromatic rings. The summed E-state index contributed by atoms with van der Waals surface area (Å²) in [6.07, 6.45) is 0. The fourth-order valence-corrected chi connectivity index (χ4v) is 4.36. The number of nitrogens with zero attached hydrogens (tertiary/aromatic N) is 2. The lowest BCUT2D eigenvalue weighted by molar-refractivity contribution is 0.0773. The van der Waals surface area contributed by atoms with Gasteiger partial charge in [0.05, 0.1) is 7.11 Å². The molecule has 184 valence electrons. The van der Waals surface area contributed by atoms with Gasteiger partial charge in [0.1, 0.15) is 5.75 Å². The molecular weight excluding hydrogens is 457 g/mol. The maximum atomic E-state index is 12.7. The number of benzene rings is 2. The molecule has 1 N–H and O–H groups in total. The highest BCUT2D eigenvalue weighted by molar-refractivity contribution is 5.94. The summed E-state index contributed by atoms with van der Waals surface area (Å²) in [5.74, 6) is 1.11. The molecule has 0 aromatic heterocycles. The predicted octanol–water partition coefficient (Wildman–Crippen LogP) is 4.83. The van der Waals surface area contributed by atoms with Gasteiger partial charge in [-0.25, -0.2) is 0 Å². The average Bonchev–Trinajstić information content (AvgIpc) is 2.78. The number of halogens is 2. The monoisotopic (exact) mass is 495 g/mol. The SMILES string of the molecule is CCN(CC)C(=O)c1ccc(C(c2cccc(OC)c2)C2CN(C)C(C)(C)CN2)cc1.Cl.Cl. The van der Waals surface area contributed by atoms with Gasteiger partial charge in [-0.05, 0) is 70.1 Å². The number of carbonyl (C=O) groups excluding carboxylic acids is 1. The van der Waals surface area contributed by atoms with Crippen molar-refractivity contribution in [2.24, 2.45) is 0 Å². The zero-order chi connectivity index (χ0) is 22.6. The highest BCUT2D eigenvalue weighted by Crippen LogP contribution is 2.33. The van der Waals surface area contributed by atoms with Crippen molar-refractivity contribution in [3.05, 3.63) is 65.2 Å². The Labute approximate surface area is 211 Å². The van der Waals surface area contributed by atoms with Crippen LogP contribution in [0.4, 0.5) is 0 Å². The number of hydrogen-bond acceptors (Lipinski definition) is 4. The Bertz CT molecular complexity index is 885. The smallest absolute Gasteiger partial charge is 0.253 e. The molecular formula is C26H39Cl2N3O2. The van der Waals surface area contributed by atoms with Crippen LogP contribution in [0.15, 0.2) is 48.5 Å². The second-order valence-corrected chi connectivity index (χ2v) is 9.03. The van der Waals surface area contributed by atoms with Crippen molar-refractivity contribution in [3.63, 3.8) is 0 Å². The summed E-state index contributed by atoms with van der Waals surface area (Å²) in [6, 6.07) is 16.8. The van der Waals surface area contributed by atoms with Gasteiger partial charge < -0.3 is 15.0 Å². The topological polar surface area (TPSA) is 44.8 Å². The van der Waals surface area contributed by atoms with Gasteiger partial charge in [0.15, 0.2) is 0 Å². The van der Waals surface area contributed by atoms with E-state index in [1.807, 2.05) is 36.9 Å². The molecule has 1 amide bonds. The van der Waals surface area contributed by atoms with Gasteiger partial charge in [-0.2, -0.15) is 0 Å². The molecule has 1 fully saturated rings. The van der Waals surface area contributed by atoms with Crippen LogP contribution >= 0.6 is 24.8 Å². The van der Waals surface area contributed by atoms with Crippen molar-refractivity contribution in [1.82, 2.24) is 15.1 Å². The highest BCUT2D eigenvalue weighted by atomic mass is 35.5. The molecule has 0 saturated carbocycles. The molecule has 1 heterocycles. The van der Waals surface area contributed by atoms with Gasteiger partial charge in [-0.15, -0.1) is 24.8 Å². The fourth-order valence-electron chi connectivity index (χ4n) is 4.36. The third kappa shape index (κ3) is 6.63. The number of rotatable bonds is 7. The summed E-state index contributed by atoms with van der Waals surface area (Å²) in [6.45, 7) is 11.9. The molecule has 0 aliphatic carbocycles. The van der Waals surface area contributed by atoms with Gasteiger partial charge in [0.2, 0.25) is 0 Å². The lowest BCUT2D eigenvalue weighted by Gasteiger charge is -2.46. The maximum absolute atomic E-state index is 12.7. The van der Waals surface area contributed by atoms with E-state index in [4.69, 9.17) is 4.74 Å². The molecule has 1 saturated heterocycles. The summed E-state index contributed by atoms with van der Waals surface area (Å²) in [4.78, 5) is 17.0. The molecule has 0 radical (unpaired) electrons. The van der Waals surface area contributed by atoms with Crippen LogP contribution < -0.4 is 10.1 Å². The van der Waals surface area contributed by atoms with E-state index in [9.17, 15) is 4.79 Å². The van der Waals surface area contributed by atoms with E-state index in [1.165, 1.54) is 11.1 Å². The van der Waals surface area contributed by atoms with Gasteiger partial charge >= 0.3 is 0 Å². The summed E-state index contributed by atoms with van der Waals surface area (Å²) in [5.41, 5.74) is 3.28. The summed E-state index contributed by atoms with van der Waals surface area (Å²) < 4.78 is 5.50. The molecule has 2 unspecified atom stereocenters. The van der Waals surface area contributed by atoms with Crippen LogP contribution in [0.5, 0.6) is 5.75 Å². The number of methoxy groups -OCH3 is 1. The Morgan fingerprint density at radius 1 is 1.12 bits per heavy atom. The van der Waals surface area contributed by atoms with E-state index in [0.717, 1.165) is 37.5 Å². The zero-order valence-electron chi connectivity index (χ0n) is 20.6. The fraction of sp³-hybridized carbons (Fsp3) is 0.500. The van der Waals surface area contributed by atoms with Gasteiger partial charge in [0, 0.05) is 49.2 Å². The first-order valence-electron chi connectivity index (χ1n) is 11.3. The molecule has 5 nitrogen and oxygen atoms in total. The summed E-state index contributed by atoms with van der Waals surface area (Å²) in [7, 11) is 3.90. The van der Waals surface area contributed by atoms with Crippen molar-refractivity contribution in [3.8, 4) is 5.75 Å². The Hall–Kier alpha value is -1.79. The van der Waals surface area contributed by atoms with Crippen LogP contribution in [0, 0.1) is 0 Å². The number of nitrogens with one attached hydrogen (secondary N) is 1. The second kappa shape index (κ2) is 12.6. The van der Waals surface area contributed by atoms with E-state index < -0.39 is 0 Å². The number of carbonyl (C=O) groups is 1. The van der Waals surface area contributed by atoms with Crippen molar-refractivity contribution in [1.29, 1.82) is 0 Å². The lowest BCUT2D eigenvalue weighted by Crippen LogP contribution is -2.61. The zero-order valence-corrected chi connectivity index (χ0v) is 22.3. The molecule has 1 aliphatic rings. The molecule has 2 aromatic carbocycles. The van der Waals surface area contributed by atoms with E-state index in [-0.39, 0.29) is 48.2 Å². The van der Waals surface area contributed by atoms with Crippen LogP contribution in [0.25, 0.3) is 0 Å². The van der Waals surface area contributed by atoms with Crippen molar-refractivity contribution in [2.75, 3.05) is 40.3 Å². The van der Waals surface area contributed by atoms with Crippen LogP contribution in [-0.2, 0) is 0 Å². The second-order valence-electron chi connectivity index (χ2n) is 9.03. The van der Waals surface area contributed by atoms with Crippen molar-refractivity contribution < 1.29 is 9.53 Å². The summed E-state index contributed by atoms with van der Waals surface area (Å²) in [5, 5.41) is 3.79. The van der Waals surface area contributed by atoms with E-state index in [1.54, 1.807) is 7.11 Å². The predicted molar refractivity (Wildman–Crippen MR) is 142 cm³/mol. The minimum absolute atomic E-state index is 0. The Kier molecular flexibility index (Phi) is 11.2. The molecule has 0 bridgehead atoms. The van der Waals surface area contributed by atoms with Crippen LogP contribution in [0.1, 0.15) is 55.1 Å². The molecule has 7 heteroatoms. The first kappa shape index (κ1) is 29.2. The molecule has 0 spiro atoms. The maximum Gasteiger partial charge on any atom is 0.253 e. The van der Waals surface area contributed by atoms with Gasteiger partial charge in [-0.1, -0.05) is 24.3 Å². The third-order valence-electron chi connectivity index (χ3n) is 6.72. The van der Waals surface area contributed by atoms with Crippen LogP contribution in [-0.4, -0.2) is 67.6 Å². The van der Waals surface area contributed by atoms with E-state index in [2.05, 4.69) is 61.4 Å². The minimum atomic E-state index is 0. The third-order valence-corrected chi connectivity index (χ3v) is 6.72. The first-order valence-corrected chi connectivity index (χ1v) is 11.3. The van der Waals surface area contributed by atoms with Gasteiger partial charge in [-0.3, -0.25) is 9.69 Å². The Morgan fingerprint density at radius 3 is 2.30 bits per heavy atom. The number of piperazine rings is 1. The molecule has 33 heavy (non-hydrogen) atoms. The standard InChI is InChI=1S/C26H37N3O2.2ClH/c1-7-29(8-2)25(30)20-14-12-19(13-15-20)24(21-10-9-11-22(16-21)31-6)23-17-28(5)26(3,4)18-27-23;;/h9-16,23-24,27H,7-8,17-18H2,1-6H3;2*1H. The highest BCUT2D eigenvalue weighted by Gasteiger charge is 2.36. The number of likely N-dealkylation sites (N-methyl/N-ethyl adjacent to an activating group) is 1. The normalized spacial score (nSPS) is 18.4. The van der Waals surface area contributed by atoms with Gasteiger partial charge in [0.25, 0.3) is 5.91 Å². The first-order chi connectivity index (χ1) is 14.8. The lowest BCUT2D eigenvalue weighted by atomic mass is 9.82. The largest absolute Gasteiger partial charge is 0.497 e. The number of ether oxygens (including phenoxy) is 1. The number of amides is 1. The Balaban J connectivity index is 0.00000272. The molecule has 1 aliphatic heterocycles. The molecule has 3 rings (SSSR count). The average molecular weight is 497 g/mol. The molecule has 2 atom stereocenters. The van der Waals surface area contributed by atoms with E-state index >= 15 is 0 Å². The summed E-state index contributed by atoms with van der Waals surface area (Å²) >= 11 is 0. The van der Waals surface area contributed by atoms with Crippen molar-refractivity contribution in [2.45, 2.75) is 45.2 Å². The Morgan fingerprint density at radius 2 is 1.76 bits per heavy atom. The minimum Gasteiger partial charge on any atom is -0.497 e. The quantitative estimate of drug-likeness (QED) is 0.596. The van der Waals surface area contributed by atoms with Crippen LogP contribution in [0.3, 0.4) is 0 Å². The van der Waals surface area contributed by atoms with Crippen LogP contribution in [0.2, 0.25) is 0 Å².